The first-order valence-electron chi connectivity index (χ1n) is 10.9. The Balaban J connectivity index is 1.58. The van der Waals surface area contributed by atoms with Crippen LogP contribution in [0.15, 0.2) is 108 Å². The lowest BCUT2D eigenvalue weighted by Crippen LogP contribution is -2.42. The van der Waals surface area contributed by atoms with E-state index in [0.717, 1.165) is 16.3 Å². The maximum Gasteiger partial charge on any atom is 0.255 e. The maximum atomic E-state index is 13.5. The highest BCUT2D eigenvalue weighted by Crippen LogP contribution is 2.20. The fourth-order valence-corrected chi connectivity index (χ4v) is 3.85. The van der Waals surface area contributed by atoms with E-state index in [4.69, 9.17) is 4.42 Å². The number of fused-ring (bicyclic) bond motifs is 1. The number of hydrogen-bond donors (Lipinski definition) is 0. The van der Waals surface area contributed by atoms with Crippen molar-refractivity contribution in [2.45, 2.75) is 13.1 Å². The molecule has 4 rings (SSSR count). The van der Waals surface area contributed by atoms with Gasteiger partial charge in [-0.3, -0.25) is 9.59 Å². The summed E-state index contributed by atoms with van der Waals surface area (Å²) in [5.41, 5.74) is 1.58. The van der Waals surface area contributed by atoms with Crippen LogP contribution in [0.3, 0.4) is 0 Å². The normalized spacial score (nSPS) is 10.7. The topological polar surface area (TPSA) is 53.8 Å². The minimum Gasteiger partial charge on any atom is -0.467 e. The minimum atomic E-state index is -0.197. The largest absolute Gasteiger partial charge is 0.467 e. The molecule has 1 aromatic heterocycles. The van der Waals surface area contributed by atoms with Gasteiger partial charge in [0.1, 0.15) is 12.3 Å². The van der Waals surface area contributed by atoms with Gasteiger partial charge in [-0.05, 0) is 34.5 Å². The molecule has 3 aromatic carbocycles. The van der Waals surface area contributed by atoms with Crippen molar-refractivity contribution in [1.82, 2.24) is 9.80 Å². The molecule has 0 fully saturated rings. The fourth-order valence-electron chi connectivity index (χ4n) is 3.85. The van der Waals surface area contributed by atoms with E-state index in [1.165, 1.54) is 4.90 Å². The van der Waals surface area contributed by atoms with Crippen molar-refractivity contribution in [1.29, 1.82) is 0 Å². The molecule has 0 spiro atoms. The summed E-state index contributed by atoms with van der Waals surface area (Å²) in [4.78, 5) is 30.1. The van der Waals surface area contributed by atoms with Crippen LogP contribution >= 0.6 is 0 Å². The Bertz CT molecular complexity index is 1230. The Hall–Kier alpha value is -4.12. The molecule has 0 N–H and O–H groups in total. The molecule has 0 radical (unpaired) electrons. The molecule has 0 aliphatic rings. The Morgan fingerprint density at radius 3 is 2.33 bits per heavy atom. The molecule has 4 aromatic rings. The average Bonchev–Trinajstić information content (AvgIpc) is 3.36. The van der Waals surface area contributed by atoms with Crippen LogP contribution in [0, 0.1) is 0 Å². The number of carbonyl (C=O) groups excluding carboxylic acids is 2. The number of hydrogen-bond acceptors (Lipinski definition) is 3. The van der Waals surface area contributed by atoms with Gasteiger partial charge in [-0.25, -0.2) is 0 Å². The van der Waals surface area contributed by atoms with E-state index in [0.29, 0.717) is 24.4 Å². The molecule has 166 valence electrons. The molecule has 0 saturated carbocycles. The molecule has 0 bridgehead atoms. The fraction of sp³-hybridized carbons (Fsp3) is 0.143. The van der Waals surface area contributed by atoms with Crippen molar-refractivity contribution in [3.63, 3.8) is 0 Å². The molecule has 1 heterocycles. The molecular weight excluding hydrogens is 412 g/mol. The summed E-state index contributed by atoms with van der Waals surface area (Å²) < 4.78 is 5.48. The number of nitrogens with zero attached hydrogens (tertiary/aromatic N) is 2. The van der Waals surface area contributed by atoms with E-state index in [2.05, 4.69) is 6.58 Å². The molecule has 0 unspecified atom stereocenters. The van der Waals surface area contributed by atoms with E-state index in [-0.39, 0.29) is 24.9 Å². The van der Waals surface area contributed by atoms with Crippen molar-refractivity contribution in [2.24, 2.45) is 0 Å². The zero-order chi connectivity index (χ0) is 23.0. The summed E-state index contributed by atoms with van der Waals surface area (Å²) in [7, 11) is 0. The van der Waals surface area contributed by atoms with Crippen LogP contribution in [0.1, 0.15) is 21.7 Å². The molecule has 0 aliphatic heterocycles. The second-order valence-electron chi connectivity index (χ2n) is 7.82. The van der Waals surface area contributed by atoms with Gasteiger partial charge in [-0.2, -0.15) is 0 Å². The van der Waals surface area contributed by atoms with Crippen molar-refractivity contribution in [3.8, 4) is 0 Å². The molecule has 0 aliphatic carbocycles. The molecule has 0 atom stereocenters. The second kappa shape index (κ2) is 10.5. The van der Waals surface area contributed by atoms with Crippen LogP contribution in [0.4, 0.5) is 0 Å². The van der Waals surface area contributed by atoms with Crippen molar-refractivity contribution < 1.29 is 14.0 Å². The third kappa shape index (κ3) is 5.39. The van der Waals surface area contributed by atoms with Crippen LogP contribution in [0.5, 0.6) is 0 Å². The number of furan rings is 1. The highest BCUT2D eigenvalue weighted by molar-refractivity contribution is 6.07. The molecule has 2 amide bonds. The quantitative estimate of drug-likeness (QED) is 0.334. The Morgan fingerprint density at radius 2 is 1.58 bits per heavy atom. The number of carbonyl (C=O) groups is 2. The molecule has 0 saturated heterocycles. The van der Waals surface area contributed by atoms with Gasteiger partial charge >= 0.3 is 0 Å². The standard InChI is InChI=1S/C28H26N2O3/c1-2-17-29(28(32)26-16-8-13-23-12-6-7-15-25(23)26)21-27(31)30(20-24-14-9-18-33-24)19-22-10-4-3-5-11-22/h2-16,18H,1,17,19-21H2. The van der Waals surface area contributed by atoms with Gasteiger partial charge in [0.15, 0.2) is 0 Å². The second-order valence-corrected chi connectivity index (χ2v) is 7.82. The van der Waals surface area contributed by atoms with Crippen LogP contribution in [-0.4, -0.2) is 34.7 Å². The number of benzene rings is 3. The monoisotopic (exact) mass is 438 g/mol. The van der Waals surface area contributed by atoms with Crippen molar-refractivity contribution >= 4 is 22.6 Å². The van der Waals surface area contributed by atoms with Gasteiger partial charge < -0.3 is 14.2 Å². The number of amides is 2. The van der Waals surface area contributed by atoms with Gasteiger partial charge in [0.2, 0.25) is 5.91 Å². The Labute approximate surface area is 193 Å². The van der Waals surface area contributed by atoms with E-state index in [1.54, 1.807) is 29.4 Å². The first-order valence-corrected chi connectivity index (χ1v) is 10.9. The van der Waals surface area contributed by atoms with Crippen LogP contribution in [0.25, 0.3) is 10.8 Å². The smallest absolute Gasteiger partial charge is 0.255 e. The summed E-state index contributed by atoms with van der Waals surface area (Å²) in [6, 6.07) is 26.8. The Morgan fingerprint density at radius 1 is 0.818 bits per heavy atom. The first kappa shape index (κ1) is 22.1. The average molecular weight is 439 g/mol. The van der Waals surface area contributed by atoms with Gasteiger partial charge in [0, 0.05) is 18.7 Å². The zero-order valence-electron chi connectivity index (χ0n) is 18.4. The van der Waals surface area contributed by atoms with Crippen LogP contribution < -0.4 is 0 Å². The predicted molar refractivity (Wildman–Crippen MR) is 129 cm³/mol. The minimum absolute atomic E-state index is 0.0540. The molecule has 5 heteroatoms. The lowest BCUT2D eigenvalue weighted by Gasteiger charge is -2.27. The highest BCUT2D eigenvalue weighted by atomic mass is 16.3. The third-order valence-electron chi connectivity index (χ3n) is 5.48. The van der Waals surface area contributed by atoms with Gasteiger partial charge in [-0.1, -0.05) is 72.8 Å². The van der Waals surface area contributed by atoms with E-state index < -0.39 is 0 Å². The van der Waals surface area contributed by atoms with Crippen LogP contribution in [-0.2, 0) is 17.9 Å². The zero-order valence-corrected chi connectivity index (χ0v) is 18.4. The first-order chi connectivity index (χ1) is 16.2. The lowest BCUT2D eigenvalue weighted by molar-refractivity contribution is -0.133. The molecule has 5 nitrogen and oxygen atoms in total. The highest BCUT2D eigenvalue weighted by Gasteiger charge is 2.23. The summed E-state index contributed by atoms with van der Waals surface area (Å²) >= 11 is 0. The van der Waals surface area contributed by atoms with Crippen molar-refractivity contribution in [3.05, 3.63) is 121 Å². The Kier molecular flexibility index (Phi) is 7.00. The van der Waals surface area contributed by atoms with Gasteiger partial charge in [-0.15, -0.1) is 6.58 Å². The van der Waals surface area contributed by atoms with Crippen LogP contribution in [0.2, 0.25) is 0 Å². The maximum absolute atomic E-state index is 13.5. The molecular formula is C28H26N2O3. The predicted octanol–water partition coefficient (Wildman–Crippen LogP) is 5.29. The number of rotatable bonds is 9. The van der Waals surface area contributed by atoms with E-state index >= 15 is 0 Å². The SMILES string of the molecule is C=CCN(CC(=O)N(Cc1ccccc1)Cc1ccco1)C(=O)c1cccc2ccccc12. The van der Waals surface area contributed by atoms with Gasteiger partial charge in [0.05, 0.1) is 12.8 Å². The summed E-state index contributed by atoms with van der Waals surface area (Å²) in [5, 5.41) is 1.85. The molecule has 33 heavy (non-hydrogen) atoms. The summed E-state index contributed by atoms with van der Waals surface area (Å²) in [5.74, 6) is 0.332. The van der Waals surface area contributed by atoms with E-state index in [9.17, 15) is 9.59 Å². The van der Waals surface area contributed by atoms with E-state index in [1.807, 2.05) is 72.8 Å². The lowest BCUT2D eigenvalue weighted by atomic mass is 10.0. The summed E-state index contributed by atoms with van der Waals surface area (Å²) in [6.45, 7) is 4.75. The van der Waals surface area contributed by atoms with Crippen molar-refractivity contribution in [2.75, 3.05) is 13.1 Å². The van der Waals surface area contributed by atoms with Gasteiger partial charge in [0.25, 0.3) is 5.91 Å². The third-order valence-corrected chi connectivity index (χ3v) is 5.48. The summed E-state index contributed by atoms with van der Waals surface area (Å²) in [6.07, 6.45) is 3.24.